The number of carbonyl (C=O) groups is 1. The molecule has 2 rings (SSSR count). The van der Waals surface area contributed by atoms with Crippen LogP contribution in [0.5, 0.6) is 5.75 Å². The molecule has 21 heavy (non-hydrogen) atoms. The molecule has 0 saturated carbocycles. The fourth-order valence-electron chi connectivity index (χ4n) is 2.11. The van der Waals surface area contributed by atoms with E-state index < -0.39 is 0 Å². The average molecular weight is 349 g/mol. The van der Waals surface area contributed by atoms with Crippen LogP contribution in [0.2, 0.25) is 0 Å². The molecule has 0 bridgehead atoms. The van der Waals surface area contributed by atoms with Crippen LogP contribution in [0, 0.1) is 0 Å². The molecule has 0 aliphatic rings. The molecule has 0 radical (unpaired) electrons. The summed E-state index contributed by atoms with van der Waals surface area (Å²) in [6.45, 7) is 1.90. The minimum Gasteiger partial charge on any atom is -0.496 e. The first-order chi connectivity index (χ1) is 10.0. The van der Waals surface area contributed by atoms with Crippen LogP contribution in [0.25, 0.3) is 0 Å². The van der Waals surface area contributed by atoms with Gasteiger partial charge in [0.1, 0.15) is 5.75 Å². The number of hydrogen-bond acceptors (Lipinski definition) is 3. The number of nitrogen functional groups attached to an aromatic ring is 1. The van der Waals surface area contributed by atoms with E-state index in [1.807, 2.05) is 31.2 Å². The minimum atomic E-state index is -0.199. The maximum absolute atomic E-state index is 12.4. The minimum absolute atomic E-state index is 0.188. The zero-order valence-corrected chi connectivity index (χ0v) is 13.5. The highest BCUT2D eigenvalue weighted by atomic mass is 79.9. The van der Waals surface area contributed by atoms with Gasteiger partial charge >= 0.3 is 0 Å². The fourth-order valence-corrected chi connectivity index (χ4v) is 2.45. The summed E-state index contributed by atoms with van der Waals surface area (Å²) in [6.07, 6.45) is 0. The molecule has 1 unspecified atom stereocenters. The molecule has 0 heterocycles. The first kappa shape index (κ1) is 15.4. The van der Waals surface area contributed by atoms with Gasteiger partial charge in [-0.1, -0.05) is 34.1 Å². The second-order valence-electron chi connectivity index (χ2n) is 4.67. The van der Waals surface area contributed by atoms with Crippen LogP contribution in [0.4, 0.5) is 5.69 Å². The predicted molar refractivity (Wildman–Crippen MR) is 87.4 cm³/mol. The summed E-state index contributed by atoms with van der Waals surface area (Å²) in [5.41, 5.74) is 7.97. The summed E-state index contributed by atoms with van der Waals surface area (Å²) in [5, 5.41) is 2.93. The van der Waals surface area contributed by atoms with Crippen molar-refractivity contribution >= 4 is 27.5 Å². The van der Waals surface area contributed by atoms with E-state index in [0.29, 0.717) is 17.0 Å². The maximum Gasteiger partial charge on any atom is 0.255 e. The van der Waals surface area contributed by atoms with Crippen molar-refractivity contribution in [2.45, 2.75) is 13.0 Å². The molecular formula is C16H17BrN2O2. The van der Waals surface area contributed by atoms with E-state index in [1.54, 1.807) is 18.2 Å². The summed E-state index contributed by atoms with van der Waals surface area (Å²) in [5.74, 6) is 0.324. The van der Waals surface area contributed by atoms with Crippen molar-refractivity contribution < 1.29 is 9.53 Å². The normalized spacial score (nSPS) is 11.8. The standard InChI is InChI=1S/C16H17BrN2O2/c1-10(12-5-3-4-6-14(12)18)19-16(20)13-8-7-11(17)9-15(13)21-2/h3-10H,18H2,1-2H3,(H,19,20). The van der Waals surface area contributed by atoms with E-state index in [2.05, 4.69) is 21.2 Å². The van der Waals surface area contributed by atoms with Crippen molar-refractivity contribution in [3.8, 4) is 5.75 Å². The summed E-state index contributed by atoms with van der Waals surface area (Å²) in [7, 11) is 1.54. The quantitative estimate of drug-likeness (QED) is 0.830. The van der Waals surface area contributed by atoms with Gasteiger partial charge in [0.05, 0.1) is 18.7 Å². The number of rotatable bonds is 4. The first-order valence-corrected chi connectivity index (χ1v) is 7.31. The topological polar surface area (TPSA) is 64.3 Å². The summed E-state index contributed by atoms with van der Waals surface area (Å²) in [4.78, 5) is 12.4. The molecule has 5 heteroatoms. The lowest BCUT2D eigenvalue weighted by Gasteiger charge is -2.17. The van der Waals surface area contributed by atoms with Gasteiger partial charge in [-0.2, -0.15) is 0 Å². The lowest BCUT2D eigenvalue weighted by atomic mass is 10.1. The molecule has 0 aliphatic carbocycles. The monoisotopic (exact) mass is 348 g/mol. The Morgan fingerprint density at radius 3 is 2.67 bits per heavy atom. The third-order valence-electron chi connectivity index (χ3n) is 3.22. The zero-order valence-electron chi connectivity index (χ0n) is 11.9. The van der Waals surface area contributed by atoms with Gasteiger partial charge in [0.15, 0.2) is 0 Å². The Morgan fingerprint density at radius 2 is 2.00 bits per heavy atom. The third-order valence-corrected chi connectivity index (χ3v) is 3.71. The van der Waals surface area contributed by atoms with Crippen LogP contribution < -0.4 is 15.8 Å². The number of nitrogens with one attached hydrogen (secondary N) is 1. The van der Waals surface area contributed by atoms with Crippen molar-refractivity contribution in [2.24, 2.45) is 0 Å². The maximum atomic E-state index is 12.4. The van der Waals surface area contributed by atoms with Gasteiger partial charge < -0.3 is 15.8 Å². The molecule has 110 valence electrons. The number of amides is 1. The Kier molecular flexibility index (Phi) is 4.85. The molecule has 2 aromatic rings. The van der Waals surface area contributed by atoms with Gasteiger partial charge in [0.25, 0.3) is 5.91 Å². The van der Waals surface area contributed by atoms with Crippen molar-refractivity contribution in [1.82, 2.24) is 5.32 Å². The molecule has 0 fully saturated rings. The third kappa shape index (κ3) is 3.55. The highest BCUT2D eigenvalue weighted by Gasteiger charge is 2.16. The van der Waals surface area contributed by atoms with Gasteiger partial charge in [-0.3, -0.25) is 4.79 Å². The van der Waals surface area contributed by atoms with Crippen molar-refractivity contribution in [3.05, 3.63) is 58.1 Å². The second-order valence-corrected chi connectivity index (χ2v) is 5.58. The largest absolute Gasteiger partial charge is 0.496 e. The summed E-state index contributed by atoms with van der Waals surface area (Å²) in [6, 6.07) is 12.6. The number of benzene rings is 2. The van der Waals surface area contributed by atoms with Crippen LogP contribution in [-0.4, -0.2) is 13.0 Å². The van der Waals surface area contributed by atoms with Gasteiger partial charge in [0, 0.05) is 10.2 Å². The van der Waals surface area contributed by atoms with Crippen LogP contribution in [-0.2, 0) is 0 Å². The van der Waals surface area contributed by atoms with E-state index >= 15 is 0 Å². The van der Waals surface area contributed by atoms with Gasteiger partial charge in [0.2, 0.25) is 0 Å². The molecule has 0 aliphatic heterocycles. The number of para-hydroxylation sites is 1. The molecule has 3 N–H and O–H groups in total. The molecule has 0 aromatic heterocycles. The van der Waals surface area contributed by atoms with E-state index in [4.69, 9.17) is 10.5 Å². The van der Waals surface area contributed by atoms with E-state index in [0.717, 1.165) is 10.0 Å². The Hall–Kier alpha value is -2.01. The van der Waals surface area contributed by atoms with E-state index in [-0.39, 0.29) is 11.9 Å². The molecule has 1 atom stereocenters. The van der Waals surface area contributed by atoms with Gasteiger partial charge in [-0.15, -0.1) is 0 Å². The highest BCUT2D eigenvalue weighted by Crippen LogP contribution is 2.25. The number of ether oxygens (including phenoxy) is 1. The van der Waals surface area contributed by atoms with Crippen molar-refractivity contribution in [3.63, 3.8) is 0 Å². The lowest BCUT2D eigenvalue weighted by molar-refractivity contribution is 0.0937. The molecule has 0 saturated heterocycles. The lowest BCUT2D eigenvalue weighted by Crippen LogP contribution is -2.27. The van der Waals surface area contributed by atoms with Crippen LogP contribution in [0.3, 0.4) is 0 Å². The molecule has 4 nitrogen and oxygen atoms in total. The zero-order chi connectivity index (χ0) is 15.4. The fraction of sp³-hybridized carbons (Fsp3) is 0.188. The Labute approximate surface area is 132 Å². The SMILES string of the molecule is COc1cc(Br)ccc1C(=O)NC(C)c1ccccc1N. The van der Waals surface area contributed by atoms with Crippen molar-refractivity contribution in [2.75, 3.05) is 12.8 Å². The van der Waals surface area contributed by atoms with Crippen LogP contribution in [0.1, 0.15) is 28.9 Å². The Bertz CT molecular complexity index is 658. The number of hydrogen-bond donors (Lipinski definition) is 2. The number of carbonyl (C=O) groups excluding carboxylic acids is 1. The first-order valence-electron chi connectivity index (χ1n) is 6.51. The van der Waals surface area contributed by atoms with Gasteiger partial charge in [-0.05, 0) is 36.8 Å². The Balaban J connectivity index is 2.20. The number of halogens is 1. The smallest absolute Gasteiger partial charge is 0.255 e. The molecule has 2 aromatic carbocycles. The van der Waals surface area contributed by atoms with E-state index in [1.165, 1.54) is 7.11 Å². The number of anilines is 1. The average Bonchev–Trinajstić information content (AvgIpc) is 2.47. The Morgan fingerprint density at radius 1 is 1.29 bits per heavy atom. The number of nitrogens with two attached hydrogens (primary N) is 1. The molecular weight excluding hydrogens is 332 g/mol. The van der Waals surface area contributed by atoms with Crippen LogP contribution in [0.15, 0.2) is 46.9 Å². The van der Waals surface area contributed by atoms with Gasteiger partial charge in [-0.25, -0.2) is 0 Å². The predicted octanol–water partition coefficient (Wildman–Crippen LogP) is 3.53. The summed E-state index contributed by atoms with van der Waals surface area (Å²) >= 11 is 3.36. The summed E-state index contributed by atoms with van der Waals surface area (Å²) < 4.78 is 6.10. The number of methoxy groups -OCH3 is 1. The highest BCUT2D eigenvalue weighted by molar-refractivity contribution is 9.10. The van der Waals surface area contributed by atoms with Crippen molar-refractivity contribution in [1.29, 1.82) is 0 Å². The second kappa shape index (κ2) is 6.63. The molecule has 0 spiro atoms. The van der Waals surface area contributed by atoms with Crippen LogP contribution >= 0.6 is 15.9 Å². The van der Waals surface area contributed by atoms with E-state index in [9.17, 15) is 4.79 Å². The molecule has 1 amide bonds.